The molecular formula is C30H37F3N4O3. The van der Waals surface area contributed by atoms with Crippen molar-refractivity contribution in [3.8, 4) is 11.4 Å². The summed E-state index contributed by atoms with van der Waals surface area (Å²) in [7, 11) is 0. The number of piperidine rings is 1. The summed E-state index contributed by atoms with van der Waals surface area (Å²) in [6.45, 7) is 5.96. The van der Waals surface area contributed by atoms with Crippen LogP contribution in [0.2, 0.25) is 0 Å². The van der Waals surface area contributed by atoms with Crippen LogP contribution >= 0.6 is 0 Å². The molecule has 7 nitrogen and oxygen atoms in total. The molecule has 3 aliphatic rings. The lowest BCUT2D eigenvalue weighted by atomic mass is 9.89. The van der Waals surface area contributed by atoms with Gasteiger partial charge in [0.2, 0.25) is 0 Å². The maximum absolute atomic E-state index is 12.9. The number of nitrogens with one attached hydrogen (secondary N) is 1. The predicted molar refractivity (Wildman–Crippen MR) is 148 cm³/mol. The van der Waals surface area contributed by atoms with Gasteiger partial charge in [0.05, 0.1) is 16.8 Å². The SMILES string of the molecule is Cc1cc(C2=CN=C(N3CCC(CC(O)O)CC3)C(C)C2)ccc1-c1nc2/c([nH]1)=C\C(OC(F)(F)F)CCC\C=2. The normalized spacial score (nSPS) is 24.2. The molecule has 5 rings (SSSR count). The van der Waals surface area contributed by atoms with Gasteiger partial charge in [0.1, 0.15) is 11.7 Å². The molecule has 1 saturated heterocycles. The van der Waals surface area contributed by atoms with Crippen molar-refractivity contribution in [1.29, 1.82) is 0 Å². The van der Waals surface area contributed by atoms with E-state index in [-0.39, 0.29) is 5.92 Å². The minimum Gasteiger partial charge on any atom is -0.368 e. The Labute approximate surface area is 231 Å². The number of allylic oxidation sites excluding steroid dienone is 1. The number of ether oxygens (including phenoxy) is 1. The highest BCUT2D eigenvalue weighted by molar-refractivity contribution is 5.90. The quantitative estimate of drug-likeness (QED) is 0.478. The van der Waals surface area contributed by atoms with Crippen LogP contribution in [0.25, 0.3) is 29.1 Å². The highest BCUT2D eigenvalue weighted by Crippen LogP contribution is 2.32. The summed E-state index contributed by atoms with van der Waals surface area (Å²) in [6, 6.07) is 6.17. The monoisotopic (exact) mass is 558 g/mol. The van der Waals surface area contributed by atoms with Crippen LogP contribution in [0.15, 0.2) is 29.4 Å². The Hall–Kier alpha value is -2.95. The van der Waals surface area contributed by atoms with E-state index in [0.717, 1.165) is 60.5 Å². The number of benzene rings is 1. The molecule has 3 N–H and O–H groups in total. The Bertz CT molecular complexity index is 1390. The van der Waals surface area contributed by atoms with Gasteiger partial charge >= 0.3 is 6.36 Å². The third-order valence-corrected chi connectivity index (χ3v) is 8.08. The molecular weight excluding hydrogens is 521 g/mol. The number of aliphatic imine (C=N–C) groups is 1. The molecule has 40 heavy (non-hydrogen) atoms. The van der Waals surface area contributed by atoms with Gasteiger partial charge in [-0.2, -0.15) is 0 Å². The van der Waals surface area contributed by atoms with Crippen molar-refractivity contribution in [2.24, 2.45) is 16.8 Å². The van der Waals surface area contributed by atoms with Crippen molar-refractivity contribution in [3.05, 3.63) is 46.2 Å². The number of aliphatic hydroxyl groups is 2. The van der Waals surface area contributed by atoms with Gasteiger partial charge in [0.25, 0.3) is 0 Å². The molecule has 1 fully saturated rings. The van der Waals surface area contributed by atoms with E-state index < -0.39 is 18.8 Å². The van der Waals surface area contributed by atoms with Crippen LogP contribution < -0.4 is 10.7 Å². The summed E-state index contributed by atoms with van der Waals surface area (Å²) in [5.41, 5.74) is 4.16. The second kappa shape index (κ2) is 11.9. The number of aromatic amines is 1. The summed E-state index contributed by atoms with van der Waals surface area (Å²) in [6.07, 6.45) is 3.12. The number of hydrogen-bond donors (Lipinski definition) is 3. The molecule has 0 spiro atoms. The van der Waals surface area contributed by atoms with Crippen LogP contribution in [-0.2, 0) is 4.74 Å². The number of amidine groups is 1. The van der Waals surface area contributed by atoms with E-state index in [1.54, 1.807) is 0 Å². The van der Waals surface area contributed by atoms with Gasteiger partial charge in [0, 0.05) is 37.2 Å². The average Bonchev–Trinajstić information content (AvgIpc) is 3.25. The minimum atomic E-state index is -4.68. The van der Waals surface area contributed by atoms with Crippen molar-refractivity contribution in [1.82, 2.24) is 14.9 Å². The van der Waals surface area contributed by atoms with Gasteiger partial charge in [-0.05, 0) is 74.1 Å². The Balaban J connectivity index is 1.34. The number of fused-ring (bicyclic) bond motifs is 1. The second-order valence-corrected chi connectivity index (χ2v) is 11.2. The minimum absolute atomic E-state index is 0.266. The molecule has 2 atom stereocenters. The fourth-order valence-electron chi connectivity index (χ4n) is 6.06. The van der Waals surface area contributed by atoms with E-state index in [1.807, 2.05) is 25.3 Å². The largest absolute Gasteiger partial charge is 0.523 e. The zero-order valence-corrected chi connectivity index (χ0v) is 22.9. The number of H-pyrrole nitrogens is 1. The second-order valence-electron chi connectivity index (χ2n) is 11.2. The number of likely N-dealkylation sites (tertiary alicyclic amines) is 1. The van der Waals surface area contributed by atoms with Gasteiger partial charge in [-0.1, -0.05) is 31.2 Å². The van der Waals surface area contributed by atoms with E-state index in [2.05, 4.69) is 33.7 Å². The molecule has 10 heteroatoms. The fraction of sp³-hybridized carbons (Fsp3) is 0.533. The molecule has 2 aromatic rings. The Morgan fingerprint density at radius 2 is 1.95 bits per heavy atom. The maximum atomic E-state index is 12.9. The van der Waals surface area contributed by atoms with Gasteiger partial charge in [0.15, 0.2) is 6.29 Å². The molecule has 1 aliphatic carbocycles. The van der Waals surface area contributed by atoms with Crippen molar-refractivity contribution in [2.45, 2.75) is 77.5 Å². The summed E-state index contributed by atoms with van der Waals surface area (Å²) in [4.78, 5) is 15.1. The molecule has 0 bridgehead atoms. The molecule has 0 amide bonds. The molecule has 3 heterocycles. The Morgan fingerprint density at radius 1 is 1.18 bits per heavy atom. The smallest absolute Gasteiger partial charge is 0.368 e. The number of alkyl halides is 3. The van der Waals surface area contributed by atoms with Crippen molar-refractivity contribution in [2.75, 3.05) is 13.1 Å². The van der Waals surface area contributed by atoms with Crippen LogP contribution in [0.4, 0.5) is 13.2 Å². The first-order valence-electron chi connectivity index (χ1n) is 14.1. The maximum Gasteiger partial charge on any atom is 0.523 e. The lowest BCUT2D eigenvalue weighted by Crippen LogP contribution is -2.42. The van der Waals surface area contributed by atoms with E-state index in [4.69, 9.17) is 9.98 Å². The van der Waals surface area contributed by atoms with Crippen LogP contribution in [0, 0.1) is 18.8 Å². The molecule has 1 aromatic heterocycles. The zero-order valence-electron chi connectivity index (χ0n) is 22.9. The number of halogens is 3. The van der Waals surface area contributed by atoms with E-state index in [1.165, 1.54) is 6.08 Å². The number of rotatable bonds is 5. The number of aryl methyl sites for hydroxylation is 1. The van der Waals surface area contributed by atoms with Gasteiger partial charge in [-0.3, -0.25) is 4.74 Å². The number of nitrogens with zero attached hydrogens (tertiary/aromatic N) is 3. The number of aromatic nitrogens is 2. The third kappa shape index (κ3) is 6.85. The first-order valence-corrected chi connectivity index (χ1v) is 14.1. The summed E-state index contributed by atoms with van der Waals surface area (Å²) >= 11 is 0. The van der Waals surface area contributed by atoms with Gasteiger partial charge in [-0.15, -0.1) is 13.2 Å². The molecule has 0 saturated carbocycles. The Kier molecular flexibility index (Phi) is 8.49. The highest BCUT2D eigenvalue weighted by atomic mass is 19.4. The molecule has 2 unspecified atom stereocenters. The standard InChI is InChI=1S/C30H37F3N4O3/c1-18-13-21(22-14-19(2)29(34-17-22)37-11-9-20(10-12-37)15-27(38)39)7-8-24(18)28-35-25-6-4-3-5-23(16-26(25)36-28)40-30(31,32)33/h6-8,13,16-17,19-20,23,27,38-39H,3-5,9-12,14-15H2,1-2H3,(H,35,36)/b25-6+,26-16+. The number of imidazole rings is 1. The molecule has 1 aromatic carbocycles. The number of aliphatic hydroxyl groups excluding tert-OH is 1. The van der Waals surface area contributed by atoms with Crippen molar-refractivity contribution < 1.29 is 28.1 Å². The molecule has 216 valence electrons. The average molecular weight is 559 g/mol. The number of hydrogen-bond acceptors (Lipinski definition) is 6. The van der Waals surface area contributed by atoms with Crippen LogP contribution in [0.1, 0.15) is 63.0 Å². The summed E-state index contributed by atoms with van der Waals surface area (Å²) in [5.74, 6) is 2.32. The van der Waals surface area contributed by atoms with Crippen molar-refractivity contribution in [3.63, 3.8) is 0 Å². The first-order chi connectivity index (χ1) is 19.1. The molecule has 0 radical (unpaired) electrons. The van der Waals surface area contributed by atoms with E-state index >= 15 is 0 Å². The highest BCUT2D eigenvalue weighted by Gasteiger charge is 2.33. The summed E-state index contributed by atoms with van der Waals surface area (Å²) in [5, 5.41) is 19.7. The van der Waals surface area contributed by atoms with Crippen molar-refractivity contribution >= 4 is 23.6 Å². The molecule has 2 aliphatic heterocycles. The lowest BCUT2D eigenvalue weighted by molar-refractivity contribution is -0.334. The van der Waals surface area contributed by atoms with E-state index in [0.29, 0.717) is 48.1 Å². The van der Waals surface area contributed by atoms with Crippen LogP contribution in [-0.4, -0.2) is 62.8 Å². The first kappa shape index (κ1) is 28.6. The fourth-order valence-corrected chi connectivity index (χ4v) is 6.06. The lowest BCUT2D eigenvalue weighted by Gasteiger charge is -2.37. The third-order valence-electron chi connectivity index (χ3n) is 8.08. The zero-order chi connectivity index (χ0) is 28.4. The van der Waals surface area contributed by atoms with E-state index in [9.17, 15) is 23.4 Å². The van der Waals surface area contributed by atoms with Gasteiger partial charge < -0.3 is 20.1 Å². The van der Waals surface area contributed by atoms with Crippen LogP contribution in [0.5, 0.6) is 0 Å². The topological polar surface area (TPSA) is 94.0 Å². The predicted octanol–water partition coefficient (Wildman–Crippen LogP) is 4.23. The van der Waals surface area contributed by atoms with Crippen LogP contribution in [0.3, 0.4) is 0 Å². The summed E-state index contributed by atoms with van der Waals surface area (Å²) < 4.78 is 42.9. The van der Waals surface area contributed by atoms with Gasteiger partial charge in [-0.25, -0.2) is 9.98 Å². The Morgan fingerprint density at radius 3 is 2.62 bits per heavy atom.